The predicted molar refractivity (Wildman–Crippen MR) is 208 cm³/mol. The number of carbonyl (C=O) groups excluding carboxylic acids is 2. The molecule has 12 nitrogen and oxygen atoms in total. The van der Waals surface area contributed by atoms with Gasteiger partial charge in [-0.2, -0.15) is 0 Å². The van der Waals surface area contributed by atoms with E-state index in [1.807, 2.05) is 18.2 Å². The van der Waals surface area contributed by atoms with Crippen molar-refractivity contribution in [2.75, 3.05) is 26.4 Å². The first-order valence-corrected chi connectivity index (χ1v) is 21.5. The second kappa shape index (κ2) is 34.6. The highest BCUT2D eigenvalue weighted by atomic mass is 31.2. The lowest BCUT2D eigenvalue weighted by Gasteiger charge is -2.20. The molecule has 0 aromatic heterocycles. The molecule has 0 fully saturated rings. The molecule has 0 aliphatic carbocycles. The van der Waals surface area contributed by atoms with Crippen LogP contribution in [0.3, 0.4) is 0 Å². The van der Waals surface area contributed by atoms with Gasteiger partial charge in [0.25, 0.3) is 0 Å². The topological polar surface area (TPSA) is 189 Å². The van der Waals surface area contributed by atoms with Crippen molar-refractivity contribution in [1.29, 1.82) is 0 Å². The van der Waals surface area contributed by atoms with Gasteiger partial charge in [-0.1, -0.05) is 121 Å². The number of esters is 2. The van der Waals surface area contributed by atoms with Crippen LogP contribution in [0.5, 0.6) is 0 Å². The molecule has 0 saturated heterocycles. The monoisotopic (exact) mass is 776 g/mol. The molecular formula is C40H73O12P. The minimum atomic E-state index is -4.69. The molecule has 0 bridgehead atoms. The maximum Gasteiger partial charge on any atom is 0.472 e. The first-order chi connectivity index (χ1) is 25.4. The van der Waals surface area contributed by atoms with Gasteiger partial charge in [-0.3, -0.25) is 18.6 Å². The van der Waals surface area contributed by atoms with E-state index in [1.54, 1.807) is 0 Å². The molecule has 5 atom stereocenters. The van der Waals surface area contributed by atoms with Gasteiger partial charge in [-0.05, 0) is 57.3 Å². The summed E-state index contributed by atoms with van der Waals surface area (Å²) < 4.78 is 32.4. The Hall–Kier alpha value is -1.89. The quantitative estimate of drug-likeness (QED) is 0.0180. The van der Waals surface area contributed by atoms with Crippen LogP contribution in [0.2, 0.25) is 0 Å². The molecule has 0 heterocycles. The van der Waals surface area contributed by atoms with Crippen molar-refractivity contribution in [2.24, 2.45) is 5.92 Å². The average molecular weight is 777 g/mol. The Bertz CT molecular complexity index is 1030. The van der Waals surface area contributed by atoms with Crippen LogP contribution in [0, 0.1) is 5.92 Å². The normalized spacial score (nSPS) is 15.6. The number of ether oxygens (including phenoxy) is 2. The van der Waals surface area contributed by atoms with Gasteiger partial charge in [0.15, 0.2) is 6.10 Å². The highest BCUT2D eigenvalue weighted by Crippen LogP contribution is 2.43. The number of phosphoric acid groups is 1. The molecule has 0 radical (unpaired) electrons. The van der Waals surface area contributed by atoms with Gasteiger partial charge in [0, 0.05) is 12.8 Å². The fourth-order valence-electron chi connectivity index (χ4n) is 5.16. The number of allylic oxidation sites excluding steroid dienone is 5. The van der Waals surface area contributed by atoms with E-state index in [0.717, 1.165) is 44.4 Å². The highest BCUT2D eigenvalue weighted by molar-refractivity contribution is 7.47. The molecule has 0 aliphatic rings. The zero-order valence-electron chi connectivity index (χ0n) is 32.9. The van der Waals surface area contributed by atoms with Gasteiger partial charge < -0.3 is 34.8 Å². The van der Waals surface area contributed by atoms with Crippen LogP contribution in [0.4, 0.5) is 0 Å². The van der Waals surface area contributed by atoms with Gasteiger partial charge in [0.05, 0.1) is 32.0 Å². The largest absolute Gasteiger partial charge is 0.472 e. The summed E-state index contributed by atoms with van der Waals surface area (Å²) in [7, 11) is -4.69. The van der Waals surface area contributed by atoms with E-state index in [0.29, 0.717) is 6.42 Å². The first-order valence-electron chi connectivity index (χ1n) is 20.0. The summed E-state index contributed by atoms with van der Waals surface area (Å²) in [5.74, 6) is -0.471. The van der Waals surface area contributed by atoms with E-state index < -0.39 is 70.6 Å². The minimum absolute atomic E-state index is 0.129. The SMILES string of the molecule is CCCCC/C=C\C/C=C\C/C=C\CC(O)C(O)CCCC(=O)O[C@H](COC(=O)CCCCCCCCCCC(C)C)COP(=O)(O)OC[C@@H](O)CO. The van der Waals surface area contributed by atoms with Crippen molar-refractivity contribution >= 4 is 19.8 Å². The molecular weight excluding hydrogens is 703 g/mol. The number of hydrogen-bond acceptors (Lipinski definition) is 11. The molecule has 0 aromatic carbocycles. The standard InChI is InChI=1S/C40H73O12P/c1-4-5-6-7-8-9-10-11-12-16-19-22-26-37(43)38(44)27-24-29-40(46)52-36(33-51-53(47,48)50-31-35(42)30-41)32-49-39(45)28-23-20-17-14-13-15-18-21-25-34(2)3/h8-9,11-12,19,22,34-38,41-44H,4-7,10,13-18,20-21,23-33H2,1-3H3,(H,47,48)/b9-8-,12-11-,22-19-/t35-,36+,37?,38?/m0/s1. The smallest absolute Gasteiger partial charge is 0.462 e. The Labute approximate surface area is 319 Å². The number of rotatable bonds is 36. The zero-order chi connectivity index (χ0) is 39.6. The second-order valence-corrected chi connectivity index (χ2v) is 15.5. The number of unbranched alkanes of at least 4 members (excludes halogenated alkanes) is 10. The van der Waals surface area contributed by atoms with Crippen LogP contribution in [0.25, 0.3) is 0 Å². The van der Waals surface area contributed by atoms with E-state index in [-0.39, 0.29) is 32.1 Å². The van der Waals surface area contributed by atoms with Crippen LogP contribution < -0.4 is 0 Å². The third kappa shape index (κ3) is 34.3. The van der Waals surface area contributed by atoms with E-state index in [4.69, 9.17) is 19.1 Å². The van der Waals surface area contributed by atoms with E-state index >= 15 is 0 Å². The minimum Gasteiger partial charge on any atom is -0.462 e. The van der Waals surface area contributed by atoms with E-state index in [1.165, 1.54) is 51.4 Å². The van der Waals surface area contributed by atoms with Crippen LogP contribution in [0.1, 0.15) is 149 Å². The maximum absolute atomic E-state index is 12.6. The molecule has 0 amide bonds. The van der Waals surface area contributed by atoms with E-state index in [9.17, 15) is 34.4 Å². The van der Waals surface area contributed by atoms with Crippen molar-refractivity contribution < 1.29 is 58.0 Å². The number of aliphatic hydroxyl groups is 4. The van der Waals surface area contributed by atoms with Gasteiger partial charge in [0.2, 0.25) is 0 Å². The Morgan fingerprint density at radius 2 is 1.25 bits per heavy atom. The lowest BCUT2D eigenvalue weighted by atomic mass is 10.0. The summed E-state index contributed by atoms with van der Waals surface area (Å²) >= 11 is 0. The molecule has 0 aromatic rings. The predicted octanol–water partition coefficient (Wildman–Crippen LogP) is 7.80. The van der Waals surface area contributed by atoms with Crippen molar-refractivity contribution in [2.45, 2.75) is 174 Å². The first kappa shape index (κ1) is 51.1. The summed E-state index contributed by atoms with van der Waals surface area (Å²) in [5.41, 5.74) is 0. The lowest BCUT2D eigenvalue weighted by molar-refractivity contribution is -0.161. The van der Waals surface area contributed by atoms with Crippen molar-refractivity contribution in [1.82, 2.24) is 0 Å². The second-order valence-electron chi connectivity index (χ2n) is 14.1. The third-order valence-electron chi connectivity index (χ3n) is 8.43. The Balaban J connectivity index is 4.62. The van der Waals surface area contributed by atoms with Gasteiger partial charge in [-0.25, -0.2) is 4.57 Å². The molecule has 53 heavy (non-hydrogen) atoms. The fourth-order valence-corrected chi connectivity index (χ4v) is 5.95. The van der Waals surface area contributed by atoms with Crippen LogP contribution in [-0.2, 0) is 32.7 Å². The third-order valence-corrected chi connectivity index (χ3v) is 9.38. The molecule has 3 unspecified atom stereocenters. The summed E-state index contributed by atoms with van der Waals surface area (Å²) in [5, 5.41) is 38.9. The molecule has 0 aliphatic heterocycles. The number of hydrogen-bond donors (Lipinski definition) is 5. The molecule has 13 heteroatoms. The van der Waals surface area contributed by atoms with Crippen molar-refractivity contribution in [3.8, 4) is 0 Å². The van der Waals surface area contributed by atoms with Crippen molar-refractivity contribution in [3.63, 3.8) is 0 Å². The van der Waals surface area contributed by atoms with Gasteiger partial charge >= 0.3 is 19.8 Å². The Kier molecular flexibility index (Phi) is 33.4. The molecule has 0 rings (SSSR count). The van der Waals surface area contributed by atoms with Crippen LogP contribution in [-0.4, -0.2) is 88.1 Å². The van der Waals surface area contributed by atoms with Crippen molar-refractivity contribution in [3.05, 3.63) is 36.5 Å². The summed E-state index contributed by atoms with van der Waals surface area (Å²) in [6.07, 6.45) is 24.5. The number of aliphatic hydroxyl groups excluding tert-OH is 4. The van der Waals surface area contributed by atoms with Crippen LogP contribution >= 0.6 is 7.82 Å². The summed E-state index contributed by atoms with van der Waals surface area (Å²) in [4.78, 5) is 34.9. The average Bonchev–Trinajstić information content (AvgIpc) is 3.12. The molecule has 0 saturated carbocycles. The molecule has 0 spiro atoms. The Morgan fingerprint density at radius 3 is 1.89 bits per heavy atom. The fraction of sp³-hybridized carbons (Fsp3) is 0.800. The van der Waals surface area contributed by atoms with Gasteiger partial charge in [0.1, 0.15) is 12.7 Å². The zero-order valence-corrected chi connectivity index (χ0v) is 33.8. The number of phosphoric ester groups is 1. The maximum atomic E-state index is 12.6. The molecule has 310 valence electrons. The Morgan fingerprint density at radius 1 is 0.660 bits per heavy atom. The summed E-state index contributed by atoms with van der Waals surface area (Å²) in [6.45, 7) is 4.25. The highest BCUT2D eigenvalue weighted by Gasteiger charge is 2.27. The number of carbonyl (C=O) groups is 2. The molecule has 5 N–H and O–H groups in total. The van der Waals surface area contributed by atoms with Crippen LogP contribution in [0.15, 0.2) is 36.5 Å². The summed E-state index contributed by atoms with van der Waals surface area (Å²) in [6, 6.07) is 0. The van der Waals surface area contributed by atoms with Gasteiger partial charge in [-0.15, -0.1) is 0 Å². The van der Waals surface area contributed by atoms with E-state index in [2.05, 4.69) is 43.5 Å². The lowest BCUT2D eigenvalue weighted by Crippen LogP contribution is -2.30.